The molecule has 5 heteroatoms. The van der Waals surface area contributed by atoms with E-state index in [0.717, 1.165) is 11.3 Å². The van der Waals surface area contributed by atoms with Gasteiger partial charge in [-0.15, -0.1) is 0 Å². The Morgan fingerprint density at radius 3 is 2.70 bits per heavy atom. The molecule has 20 heavy (non-hydrogen) atoms. The second-order valence-electron chi connectivity index (χ2n) is 6.41. The van der Waals surface area contributed by atoms with Crippen LogP contribution in [0.15, 0.2) is 6.20 Å². The fraction of sp³-hybridized carbons (Fsp3) is 0.733. The molecule has 114 valence electrons. The van der Waals surface area contributed by atoms with Crippen molar-refractivity contribution >= 4 is 5.91 Å². The van der Waals surface area contributed by atoms with Crippen LogP contribution >= 0.6 is 0 Å². The van der Waals surface area contributed by atoms with Crippen molar-refractivity contribution in [3.63, 3.8) is 0 Å². The van der Waals surface area contributed by atoms with Gasteiger partial charge in [0, 0.05) is 26.2 Å². The zero-order valence-corrected chi connectivity index (χ0v) is 13.2. The number of rotatable bonds is 7. The Morgan fingerprint density at radius 2 is 2.20 bits per heavy atom. The van der Waals surface area contributed by atoms with E-state index in [-0.39, 0.29) is 17.4 Å². The van der Waals surface area contributed by atoms with Crippen molar-refractivity contribution in [2.45, 2.75) is 53.1 Å². The van der Waals surface area contributed by atoms with E-state index in [0.29, 0.717) is 25.8 Å². The minimum Gasteiger partial charge on any atom is -0.393 e. The van der Waals surface area contributed by atoms with Crippen molar-refractivity contribution in [1.82, 2.24) is 15.1 Å². The molecule has 0 saturated heterocycles. The average Bonchev–Trinajstić information content (AvgIpc) is 2.61. The van der Waals surface area contributed by atoms with Crippen LogP contribution in [0.2, 0.25) is 0 Å². The predicted molar refractivity (Wildman–Crippen MR) is 79.4 cm³/mol. The Hall–Kier alpha value is -1.36. The van der Waals surface area contributed by atoms with Crippen LogP contribution in [0.3, 0.4) is 0 Å². The van der Waals surface area contributed by atoms with E-state index in [2.05, 4.69) is 10.4 Å². The molecule has 0 aromatic carbocycles. The van der Waals surface area contributed by atoms with Gasteiger partial charge in [0.1, 0.15) is 0 Å². The topological polar surface area (TPSA) is 67.2 Å². The maximum atomic E-state index is 11.9. The standard InChI is InChI=1S/C15H27N3O2/c1-11(19)8-15(3,4)10-16-14(20)7-6-13-9-18(5)17-12(13)2/h9,11,19H,6-8,10H2,1-5H3,(H,16,20). The first-order valence-corrected chi connectivity index (χ1v) is 7.13. The van der Waals surface area contributed by atoms with E-state index in [1.165, 1.54) is 0 Å². The molecule has 0 fully saturated rings. The minimum absolute atomic E-state index is 0.0481. The number of nitrogens with one attached hydrogen (secondary N) is 1. The number of hydrogen-bond acceptors (Lipinski definition) is 3. The van der Waals surface area contributed by atoms with Crippen LogP contribution < -0.4 is 5.32 Å². The van der Waals surface area contributed by atoms with Crippen LogP contribution in [0.25, 0.3) is 0 Å². The Bertz CT molecular complexity index is 450. The third-order valence-electron chi connectivity index (χ3n) is 3.35. The highest BCUT2D eigenvalue weighted by Gasteiger charge is 2.21. The minimum atomic E-state index is -0.347. The lowest BCUT2D eigenvalue weighted by molar-refractivity contribution is -0.121. The second-order valence-corrected chi connectivity index (χ2v) is 6.41. The van der Waals surface area contributed by atoms with Crippen molar-refractivity contribution in [3.05, 3.63) is 17.5 Å². The van der Waals surface area contributed by atoms with Crippen LogP contribution in [0.4, 0.5) is 0 Å². The number of carbonyl (C=O) groups excluding carboxylic acids is 1. The number of aliphatic hydroxyl groups excluding tert-OH is 1. The van der Waals surface area contributed by atoms with Gasteiger partial charge in [0.2, 0.25) is 5.91 Å². The Kier molecular flexibility index (Phi) is 5.74. The monoisotopic (exact) mass is 281 g/mol. The highest BCUT2D eigenvalue weighted by atomic mass is 16.3. The molecule has 1 rings (SSSR count). The summed E-state index contributed by atoms with van der Waals surface area (Å²) in [6, 6.07) is 0. The first kappa shape index (κ1) is 16.7. The third kappa shape index (κ3) is 5.74. The summed E-state index contributed by atoms with van der Waals surface area (Å²) in [5, 5.41) is 16.6. The van der Waals surface area contributed by atoms with Gasteiger partial charge in [-0.2, -0.15) is 5.10 Å². The summed E-state index contributed by atoms with van der Waals surface area (Å²) < 4.78 is 1.77. The van der Waals surface area contributed by atoms with E-state index < -0.39 is 0 Å². The van der Waals surface area contributed by atoms with Gasteiger partial charge in [-0.05, 0) is 37.7 Å². The fourth-order valence-corrected chi connectivity index (χ4v) is 2.44. The van der Waals surface area contributed by atoms with Gasteiger partial charge in [0.05, 0.1) is 11.8 Å². The van der Waals surface area contributed by atoms with Gasteiger partial charge in [0.25, 0.3) is 0 Å². The SMILES string of the molecule is Cc1nn(C)cc1CCC(=O)NCC(C)(C)CC(C)O. The normalized spacial score (nSPS) is 13.3. The summed E-state index contributed by atoms with van der Waals surface area (Å²) in [5.41, 5.74) is 2.01. The number of aryl methyl sites for hydroxylation is 3. The van der Waals surface area contributed by atoms with Crippen LogP contribution in [-0.2, 0) is 18.3 Å². The maximum Gasteiger partial charge on any atom is 0.220 e. The zero-order chi connectivity index (χ0) is 15.3. The van der Waals surface area contributed by atoms with Crippen LogP contribution in [0.5, 0.6) is 0 Å². The number of hydrogen-bond donors (Lipinski definition) is 2. The number of carbonyl (C=O) groups is 1. The van der Waals surface area contributed by atoms with E-state index >= 15 is 0 Å². The Morgan fingerprint density at radius 1 is 1.55 bits per heavy atom. The molecule has 0 bridgehead atoms. The molecule has 1 heterocycles. The van der Waals surface area contributed by atoms with Crippen molar-refractivity contribution in [2.75, 3.05) is 6.54 Å². The van der Waals surface area contributed by atoms with E-state index in [4.69, 9.17) is 0 Å². The first-order valence-electron chi connectivity index (χ1n) is 7.13. The van der Waals surface area contributed by atoms with Crippen molar-refractivity contribution in [3.8, 4) is 0 Å². The maximum absolute atomic E-state index is 11.9. The van der Waals surface area contributed by atoms with Crippen molar-refractivity contribution < 1.29 is 9.90 Å². The van der Waals surface area contributed by atoms with Gasteiger partial charge < -0.3 is 10.4 Å². The summed E-state index contributed by atoms with van der Waals surface area (Å²) in [6.45, 7) is 8.41. The molecule has 0 radical (unpaired) electrons. The molecule has 1 aromatic rings. The quantitative estimate of drug-likeness (QED) is 0.797. The van der Waals surface area contributed by atoms with Crippen LogP contribution in [-0.4, -0.2) is 33.4 Å². The largest absolute Gasteiger partial charge is 0.393 e. The summed E-state index contributed by atoms with van der Waals surface area (Å²) in [5.74, 6) is 0.0481. The van der Waals surface area contributed by atoms with Gasteiger partial charge in [-0.3, -0.25) is 9.48 Å². The molecule has 1 atom stereocenters. The predicted octanol–water partition coefficient (Wildman–Crippen LogP) is 1.57. The van der Waals surface area contributed by atoms with Gasteiger partial charge >= 0.3 is 0 Å². The van der Waals surface area contributed by atoms with Crippen LogP contribution in [0, 0.1) is 12.3 Å². The summed E-state index contributed by atoms with van der Waals surface area (Å²) in [4.78, 5) is 11.9. The lowest BCUT2D eigenvalue weighted by Gasteiger charge is -2.26. The number of nitrogens with zero attached hydrogens (tertiary/aromatic N) is 2. The molecule has 0 saturated carbocycles. The molecule has 0 aliphatic heterocycles. The molecule has 0 aliphatic rings. The molecule has 0 aliphatic carbocycles. The Labute approximate surface area is 121 Å². The lowest BCUT2D eigenvalue weighted by atomic mass is 9.87. The summed E-state index contributed by atoms with van der Waals surface area (Å²) in [7, 11) is 1.88. The van der Waals surface area contributed by atoms with Gasteiger partial charge in [-0.1, -0.05) is 13.8 Å². The number of aromatic nitrogens is 2. The second kappa shape index (κ2) is 6.88. The summed E-state index contributed by atoms with van der Waals surface area (Å²) >= 11 is 0. The van der Waals surface area contributed by atoms with E-state index in [9.17, 15) is 9.90 Å². The molecule has 1 aromatic heterocycles. The average molecular weight is 281 g/mol. The molecular weight excluding hydrogens is 254 g/mol. The highest BCUT2D eigenvalue weighted by molar-refractivity contribution is 5.76. The first-order chi connectivity index (χ1) is 9.19. The molecule has 1 amide bonds. The lowest BCUT2D eigenvalue weighted by Crippen LogP contribution is -2.35. The Balaban J connectivity index is 2.35. The van der Waals surface area contributed by atoms with E-state index in [1.807, 2.05) is 34.0 Å². The molecule has 2 N–H and O–H groups in total. The summed E-state index contributed by atoms with van der Waals surface area (Å²) in [6.07, 6.45) is 3.47. The fourth-order valence-electron chi connectivity index (χ4n) is 2.44. The smallest absolute Gasteiger partial charge is 0.220 e. The van der Waals surface area contributed by atoms with Gasteiger partial charge in [-0.25, -0.2) is 0 Å². The van der Waals surface area contributed by atoms with Crippen LogP contribution in [0.1, 0.15) is 44.9 Å². The molecule has 1 unspecified atom stereocenters. The molecule has 5 nitrogen and oxygen atoms in total. The van der Waals surface area contributed by atoms with Crippen molar-refractivity contribution in [1.29, 1.82) is 0 Å². The number of amides is 1. The zero-order valence-electron chi connectivity index (χ0n) is 13.2. The molecule has 0 spiro atoms. The highest BCUT2D eigenvalue weighted by Crippen LogP contribution is 2.21. The van der Waals surface area contributed by atoms with E-state index in [1.54, 1.807) is 11.6 Å². The third-order valence-corrected chi connectivity index (χ3v) is 3.35. The molecular formula is C15H27N3O2. The number of aliphatic hydroxyl groups is 1. The van der Waals surface area contributed by atoms with Crippen molar-refractivity contribution in [2.24, 2.45) is 12.5 Å². The van der Waals surface area contributed by atoms with Gasteiger partial charge in [0.15, 0.2) is 0 Å².